The van der Waals surface area contributed by atoms with Gasteiger partial charge in [-0.05, 0) is 53.5 Å². The fraction of sp³-hybridized carbons (Fsp3) is 0.476. The van der Waals surface area contributed by atoms with Crippen molar-refractivity contribution in [1.82, 2.24) is 40.4 Å². The van der Waals surface area contributed by atoms with Crippen molar-refractivity contribution in [3.63, 3.8) is 0 Å². The van der Waals surface area contributed by atoms with Crippen molar-refractivity contribution < 1.29 is 28.7 Å². The predicted octanol–water partition coefficient (Wildman–Crippen LogP) is 7.16. The minimum atomic E-state index is -0.663. The zero-order valence-electron chi connectivity index (χ0n) is 34.5. The molecule has 57 heavy (non-hydrogen) atoms. The number of hydrogen-bond donors (Lipinski definition) is 5. The number of amides is 4. The lowest BCUT2D eigenvalue weighted by Crippen LogP contribution is -2.40. The molecular formula is C42H60N8O6S. The second-order valence-electron chi connectivity index (χ2n) is 13.5. The number of carbonyl (C=O) groups excluding carboxylic acids is 4. The number of aromatic amines is 2. The van der Waals surface area contributed by atoms with Gasteiger partial charge in [-0.15, -0.1) is 0 Å². The Balaban J connectivity index is 0.00000136. The number of hydrogen-bond acceptors (Lipinski definition) is 9. The summed E-state index contributed by atoms with van der Waals surface area (Å²) >= 11 is 4.29. The van der Waals surface area contributed by atoms with Crippen LogP contribution in [0.2, 0.25) is 0 Å². The first-order valence-corrected chi connectivity index (χ1v) is 20.3. The number of benzene rings is 2. The molecule has 0 saturated heterocycles. The van der Waals surface area contributed by atoms with Crippen LogP contribution in [0.3, 0.4) is 0 Å². The third-order valence-corrected chi connectivity index (χ3v) is 8.93. The number of carbonyl (C=O) groups is 4. The molecule has 0 aliphatic heterocycles. The third-order valence-electron chi connectivity index (χ3n) is 8.73. The van der Waals surface area contributed by atoms with Crippen molar-refractivity contribution in [1.29, 1.82) is 0 Å². The van der Waals surface area contributed by atoms with Gasteiger partial charge in [0.1, 0.15) is 24.7 Å². The lowest BCUT2D eigenvalue weighted by atomic mass is 9.92. The summed E-state index contributed by atoms with van der Waals surface area (Å²) < 4.78 is 9.13. The van der Waals surface area contributed by atoms with Gasteiger partial charge in [0.2, 0.25) is 11.8 Å². The molecule has 0 unspecified atom stereocenters. The van der Waals surface area contributed by atoms with E-state index in [4.69, 9.17) is 0 Å². The maximum Gasteiger partial charge on any atom is 0.407 e. The normalized spacial score (nSPS) is 11.2. The van der Waals surface area contributed by atoms with Crippen LogP contribution in [0.25, 0.3) is 33.6 Å². The zero-order valence-corrected chi connectivity index (χ0v) is 35.4. The van der Waals surface area contributed by atoms with Crippen molar-refractivity contribution in [2.45, 2.75) is 86.2 Å². The molecule has 2 aromatic heterocycles. The van der Waals surface area contributed by atoms with Crippen LogP contribution in [0.15, 0.2) is 48.8 Å². The van der Waals surface area contributed by atoms with Gasteiger partial charge in [0.15, 0.2) is 0 Å². The molecular weight excluding hydrogens is 745 g/mol. The summed E-state index contributed by atoms with van der Waals surface area (Å²) in [6.07, 6.45) is 8.53. The van der Waals surface area contributed by atoms with E-state index in [0.717, 1.165) is 53.8 Å². The summed E-state index contributed by atoms with van der Waals surface area (Å²) in [4.78, 5) is 67.4. The molecule has 15 heteroatoms. The third kappa shape index (κ3) is 13.7. The fourth-order valence-corrected chi connectivity index (χ4v) is 6.47. The van der Waals surface area contributed by atoms with E-state index in [1.807, 2.05) is 13.1 Å². The lowest BCUT2D eigenvalue weighted by molar-refractivity contribution is -0.131. The second-order valence-corrected chi connectivity index (χ2v) is 13.9. The number of nitrogens with one attached hydrogen (secondary N) is 4. The molecule has 1 aliphatic rings. The van der Waals surface area contributed by atoms with Gasteiger partial charge < -0.3 is 39.9 Å². The Hall–Kier alpha value is -5.31. The molecule has 0 saturated carbocycles. The van der Waals surface area contributed by atoms with Crippen LogP contribution < -0.4 is 10.6 Å². The number of nitrogens with zero attached hydrogens (tertiary/aromatic N) is 4. The second kappa shape index (κ2) is 24.4. The molecule has 5 rings (SSSR count). The molecule has 1 aliphatic carbocycles. The van der Waals surface area contributed by atoms with Crippen molar-refractivity contribution >= 4 is 36.6 Å². The molecule has 0 bridgehead atoms. The number of methoxy groups -OCH3 is 2. The number of thiol groups is 1. The van der Waals surface area contributed by atoms with Crippen LogP contribution >= 0.6 is 12.6 Å². The summed E-state index contributed by atoms with van der Waals surface area (Å²) in [6.45, 7) is 11.7. The fourth-order valence-electron chi connectivity index (χ4n) is 6.23. The maximum atomic E-state index is 12.7. The van der Waals surface area contributed by atoms with Crippen LogP contribution in [0.5, 0.6) is 0 Å². The van der Waals surface area contributed by atoms with E-state index in [0.29, 0.717) is 37.0 Å². The van der Waals surface area contributed by atoms with Gasteiger partial charge in [-0.3, -0.25) is 9.59 Å². The van der Waals surface area contributed by atoms with Gasteiger partial charge in [-0.2, -0.15) is 12.6 Å². The van der Waals surface area contributed by atoms with Crippen molar-refractivity contribution in [3.05, 3.63) is 71.6 Å². The summed E-state index contributed by atoms with van der Waals surface area (Å²) in [5, 5.41) is 4.87. The molecule has 4 amide bonds. The lowest BCUT2D eigenvalue weighted by Gasteiger charge is -2.21. The van der Waals surface area contributed by atoms with Crippen molar-refractivity contribution in [2.75, 3.05) is 46.2 Å². The Morgan fingerprint density at radius 3 is 1.65 bits per heavy atom. The van der Waals surface area contributed by atoms with E-state index >= 15 is 0 Å². The van der Waals surface area contributed by atoms with Crippen LogP contribution in [-0.2, 0) is 45.0 Å². The largest absolute Gasteiger partial charge is 0.453 e. The Morgan fingerprint density at radius 2 is 1.14 bits per heavy atom. The number of imidazole rings is 2. The zero-order chi connectivity index (χ0) is 41.7. The van der Waals surface area contributed by atoms with Gasteiger partial charge in [-0.1, -0.05) is 83.9 Å². The number of fused-ring (bicyclic) bond motifs is 1. The number of ether oxygens (including phenoxy) is 2. The summed E-state index contributed by atoms with van der Waals surface area (Å²) in [7, 11) is 2.51. The molecule has 2 aromatic carbocycles. The summed E-state index contributed by atoms with van der Waals surface area (Å²) in [6, 6.07) is 12.7. The van der Waals surface area contributed by atoms with Crippen LogP contribution in [0, 0.1) is 0 Å². The first-order chi connectivity index (χ1) is 27.6. The molecule has 14 nitrogen and oxygen atoms in total. The highest BCUT2D eigenvalue weighted by Gasteiger charge is 2.23. The SMILES string of the molecule is CCC.CCC.CCCN(Cc1ncc(-c2ccc(-c3ccc(-c4cnc(CN(CCS)C(=O)CNC(=O)OC)[nH]4)c4c3CCC4)cc2)[nH]1)C(=O)CNC(=O)OC. The average Bonchev–Trinajstić information content (AvgIpc) is 4.01. The maximum absolute atomic E-state index is 12.7. The van der Waals surface area contributed by atoms with E-state index < -0.39 is 12.2 Å². The number of alkyl carbamates (subject to hydrolysis) is 2. The van der Waals surface area contributed by atoms with E-state index in [1.165, 1.54) is 43.8 Å². The summed E-state index contributed by atoms with van der Waals surface area (Å²) in [5.41, 5.74) is 8.74. The highest BCUT2D eigenvalue weighted by molar-refractivity contribution is 7.80. The Bertz CT molecular complexity index is 1870. The summed E-state index contributed by atoms with van der Waals surface area (Å²) in [5.74, 6) is 1.29. The van der Waals surface area contributed by atoms with Crippen LogP contribution in [0.1, 0.15) is 83.1 Å². The van der Waals surface area contributed by atoms with Gasteiger partial charge in [0.05, 0.1) is 51.1 Å². The van der Waals surface area contributed by atoms with E-state index in [9.17, 15) is 19.2 Å². The highest BCUT2D eigenvalue weighted by atomic mass is 32.1. The Kier molecular flexibility index (Phi) is 19.7. The standard InChI is InChI=1S/C36H44N8O6S.2C3H8/c1-4-14-43(33(45)19-39-35(47)49-2)21-31-37-17-29(41-31)24-10-8-23(9-11-24)25-12-13-28(27-7-5-6-26(25)27)30-18-38-32(42-30)22-44(15-16-51)34(46)20-40-36(48)50-3;2*1-3-2/h8-13,17-18,51H,4-7,14-16,19-22H2,1-3H3,(H,37,41)(H,38,42)(H,39,47)(H,40,48);2*3H2,1-2H3. The number of H-pyrrole nitrogens is 2. The molecule has 0 radical (unpaired) electrons. The van der Waals surface area contributed by atoms with Crippen LogP contribution in [-0.4, -0.2) is 99.9 Å². The number of aromatic nitrogens is 4. The molecule has 0 spiro atoms. The molecule has 0 atom stereocenters. The molecule has 4 aromatic rings. The monoisotopic (exact) mass is 804 g/mol. The van der Waals surface area contributed by atoms with Crippen molar-refractivity contribution in [3.8, 4) is 33.6 Å². The number of rotatable bonds is 15. The van der Waals surface area contributed by atoms with Gasteiger partial charge in [0.25, 0.3) is 0 Å². The molecule has 0 fully saturated rings. The highest BCUT2D eigenvalue weighted by Crippen LogP contribution is 2.38. The topological polar surface area (TPSA) is 175 Å². The van der Waals surface area contributed by atoms with E-state index in [2.05, 4.69) is 117 Å². The quantitative estimate of drug-likeness (QED) is 0.0787. The van der Waals surface area contributed by atoms with E-state index in [-0.39, 0.29) is 31.4 Å². The van der Waals surface area contributed by atoms with Gasteiger partial charge >= 0.3 is 12.2 Å². The van der Waals surface area contributed by atoms with Gasteiger partial charge in [0, 0.05) is 24.4 Å². The first kappa shape index (κ1) is 46.1. The minimum absolute atomic E-state index is 0.147. The van der Waals surface area contributed by atoms with E-state index in [1.54, 1.807) is 16.0 Å². The predicted molar refractivity (Wildman–Crippen MR) is 227 cm³/mol. The van der Waals surface area contributed by atoms with Crippen molar-refractivity contribution in [2.24, 2.45) is 0 Å². The van der Waals surface area contributed by atoms with Gasteiger partial charge in [-0.25, -0.2) is 19.6 Å². The molecule has 4 N–H and O–H groups in total. The average molecular weight is 805 g/mol. The first-order valence-electron chi connectivity index (χ1n) is 19.7. The molecule has 310 valence electrons. The smallest absolute Gasteiger partial charge is 0.407 e. The van der Waals surface area contributed by atoms with Crippen LogP contribution in [0.4, 0.5) is 9.59 Å². The Morgan fingerprint density at radius 1 is 0.684 bits per heavy atom. The Labute approximate surface area is 342 Å². The molecule has 2 heterocycles. The minimum Gasteiger partial charge on any atom is -0.453 e.